The number of rotatable bonds is 6. The third-order valence-corrected chi connectivity index (χ3v) is 2.71. The lowest BCUT2D eigenvalue weighted by Gasteiger charge is -2.18. The molecule has 1 aromatic carbocycles. The maximum atomic E-state index is 13.0. The van der Waals surface area contributed by atoms with Gasteiger partial charge in [-0.25, -0.2) is 4.39 Å². The lowest BCUT2D eigenvalue weighted by Crippen LogP contribution is -2.38. The van der Waals surface area contributed by atoms with Crippen molar-refractivity contribution in [3.8, 4) is 0 Å². The van der Waals surface area contributed by atoms with Crippen LogP contribution in [0.15, 0.2) is 24.3 Å². The van der Waals surface area contributed by atoms with Gasteiger partial charge in [-0.15, -0.1) is 0 Å². The first-order valence-corrected chi connectivity index (χ1v) is 6.21. The molecule has 3 nitrogen and oxygen atoms in total. The molecule has 0 bridgehead atoms. The fourth-order valence-electron chi connectivity index (χ4n) is 1.54. The molecule has 0 aromatic heterocycles. The number of nitrogens with zero attached hydrogens (tertiary/aromatic N) is 1. The summed E-state index contributed by atoms with van der Waals surface area (Å²) in [5, 5.41) is 3.08. The van der Waals surface area contributed by atoms with Crippen molar-refractivity contribution in [1.29, 1.82) is 0 Å². The molecule has 0 heterocycles. The van der Waals surface area contributed by atoms with Crippen LogP contribution in [0.5, 0.6) is 0 Å². The minimum Gasteiger partial charge on any atom is -0.344 e. The number of nitrogens with one attached hydrogen (secondary N) is 1. The molecule has 1 N–H and O–H groups in total. The van der Waals surface area contributed by atoms with Crippen molar-refractivity contribution in [2.75, 3.05) is 20.1 Å². The van der Waals surface area contributed by atoms with Gasteiger partial charge in [0.25, 0.3) is 0 Å². The van der Waals surface area contributed by atoms with Crippen molar-refractivity contribution in [2.24, 2.45) is 0 Å². The summed E-state index contributed by atoms with van der Waals surface area (Å²) in [5.41, 5.74) is 0.909. The predicted molar refractivity (Wildman–Crippen MR) is 70.9 cm³/mol. The van der Waals surface area contributed by atoms with Gasteiger partial charge in [0.15, 0.2) is 0 Å². The minimum absolute atomic E-state index is 0.0557. The SMILES string of the molecule is CC(C)NCC(=O)N(C)CCc1cccc(F)c1. The molecule has 1 aromatic rings. The van der Waals surface area contributed by atoms with Gasteiger partial charge in [0, 0.05) is 19.6 Å². The van der Waals surface area contributed by atoms with E-state index in [9.17, 15) is 9.18 Å². The summed E-state index contributed by atoms with van der Waals surface area (Å²) in [6.45, 7) is 4.94. The summed E-state index contributed by atoms with van der Waals surface area (Å²) < 4.78 is 13.0. The van der Waals surface area contributed by atoms with Crippen molar-refractivity contribution in [3.05, 3.63) is 35.6 Å². The zero-order chi connectivity index (χ0) is 13.5. The molecule has 1 amide bonds. The molecule has 0 aliphatic rings. The minimum atomic E-state index is -0.233. The summed E-state index contributed by atoms with van der Waals surface area (Å²) in [6, 6.07) is 6.78. The number of halogens is 1. The second-order valence-corrected chi connectivity index (χ2v) is 4.73. The van der Waals surface area contributed by atoms with Crippen LogP contribution in [-0.4, -0.2) is 37.0 Å². The molecule has 0 fully saturated rings. The highest BCUT2D eigenvalue weighted by Crippen LogP contribution is 2.04. The molecule has 100 valence electrons. The Morgan fingerprint density at radius 2 is 2.17 bits per heavy atom. The second kappa shape index (κ2) is 7.11. The number of hydrogen-bond acceptors (Lipinski definition) is 2. The summed E-state index contributed by atoms with van der Waals surface area (Å²) in [5.74, 6) is -0.178. The highest BCUT2D eigenvalue weighted by Gasteiger charge is 2.08. The summed E-state index contributed by atoms with van der Waals surface area (Å²) in [7, 11) is 1.77. The van der Waals surface area contributed by atoms with Crippen molar-refractivity contribution in [3.63, 3.8) is 0 Å². The average molecular weight is 252 g/mol. The number of likely N-dealkylation sites (N-methyl/N-ethyl adjacent to an activating group) is 1. The Bertz CT molecular complexity index is 393. The van der Waals surface area contributed by atoms with Gasteiger partial charge in [0.05, 0.1) is 6.54 Å². The second-order valence-electron chi connectivity index (χ2n) is 4.73. The lowest BCUT2D eigenvalue weighted by molar-refractivity contribution is -0.129. The first kappa shape index (κ1) is 14.6. The van der Waals surface area contributed by atoms with Crippen LogP contribution in [0.2, 0.25) is 0 Å². The van der Waals surface area contributed by atoms with Gasteiger partial charge in [0.2, 0.25) is 5.91 Å². The fourth-order valence-corrected chi connectivity index (χ4v) is 1.54. The topological polar surface area (TPSA) is 32.3 Å². The van der Waals surface area contributed by atoms with Crippen LogP contribution < -0.4 is 5.32 Å². The maximum Gasteiger partial charge on any atom is 0.236 e. The van der Waals surface area contributed by atoms with E-state index in [0.717, 1.165) is 5.56 Å². The van der Waals surface area contributed by atoms with E-state index in [1.54, 1.807) is 18.0 Å². The molecular weight excluding hydrogens is 231 g/mol. The molecule has 0 atom stereocenters. The number of amides is 1. The van der Waals surface area contributed by atoms with Gasteiger partial charge in [0.1, 0.15) is 5.82 Å². The van der Waals surface area contributed by atoms with Crippen LogP contribution in [0.3, 0.4) is 0 Å². The van der Waals surface area contributed by atoms with Gasteiger partial charge in [-0.05, 0) is 24.1 Å². The quantitative estimate of drug-likeness (QED) is 0.837. The van der Waals surface area contributed by atoms with E-state index < -0.39 is 0 Å². The standard InChI is InChI=1S/C14H21FN2O/c1-11(2)16-10-14(18)17(3)8-7-12-5-4-6-13(15)9-12/h4-6,9,11,16H,7-8,10H2,1-3H3. The molecular formula is C14H21FN2O. The molecule has 0 saturated carbocycles. The van der Waals surface area contributed by atoms with E-state index in [0.29, 0.717) is 25.6 Å². The van der Waals surface area contributed by atoms with E-state index in [1.165, 1.54) is 12.1 Å². The number of carbonyl (C=O) groups excluding carboxylic acids is 1. The summed E-state index contributed by atoms with van der Waals surface area (Å²) >= 11 is 0. The molecule has 18 heavy (non-hydrogen) atoms. The largest absolute Gasteiger partial charge is 0.344 e. The van der Waals surface area contributed by atoms with E-state index in [1.807, 2.05) is 19.9 Å². The molecule has 0 aliphatic carbocycles. The zero-order valence-electron chi connectivity index (χ0n) is 11.2. The molecule has 4 heteroatoms. The van der Waals surface area contributed by atoms with Gasteiger partial charge in [-0.3, -0.25) is 4.79 Å². The van der Waals surface area contributed by atoms with Crippen LogP contribution in [-0.2, 0) is 11.2 Å². The normalized spacial score (nSPS) is 10.7. The monoisotopic (exact) mass is 252 g/mol. The van der Waals surface area contributed by atoms with Crippen LogP contribution >= 0.6 is 0 Å². The van der Waals surface area contributed by atoms with Gasteiger partial charge in [-0.2, -0.15) is 0 Å². The van der Waals surface area contributed by atoms with Crippen molar-refractivity contribution in [1.82, 2.24) is 10.2 Å². The average Bonchev–Trinajstić information content (AvgIpc) is 2.33. The van der Waals surface area contributed by atoms with Crippen LogP contribution in [0.1, 0.15) is 19.4 Å². The Labute approximate surface area is 108 Å². The molecule has 0 unspecified atom stereocenters. The third-order valence-electron chi connectivity index (χ3n) is 2.71. The number of hydrogen-bond donors (Lipinski definition) is 1. The van der Waals surface area contributed by atoms with E-state index >= 15 is 0 Å². The number of carbonyl (C=O) groups is 1. The first-order valence-electron chi connectivity index (χ1n) is 6.21. The van der Waals surface area contributed by atoms with Crippen molar-refractivity contribution >= 4 is 5.91 Å². The van der Waals surface area contributed by atoms with Gasteiger partial charge < -0.3 is 10.2 Å². The maximum absolute atomic E-state index is 13.0. The van der Waals surface area contributed by atoms with Crippen LogP contribution in [0.4, 0.5) is 4.39 Å². The van der Waals surface area contributed by atoms with Crippen LogP contribution in [0, 0.1) is 5.82 Å². The molecule has 0 saturated heterocycles. The Hall–Kier alpha value is -1.42. The predicted octanol–water partition coefficient (Wildman–Crippen LogP) is 1.82. The van der Waals surface area contributed by atoms with Crippen molar-refractivity contribution in [2.45, 2.75) is 26.3 Å². The Kier molecular flexibility index (Phi) is 5.78. The molecule has 0 aliphatic heterocycles. The highest BCUT2D eigenvalue weighted by molar-refractivity contribution is 5.77. The van der Waals surface area contributed by atoms with Gasteiger partial charge >= 0.3 is 0 Å². The summed E-state index contributed by atoms with van der Waals surface area (Å²) in [6.07, 6.45) is 0.668. The Morgan fingerprint density at radius 1 is 1.44 bits per heavy atom. The fraction of sp³-hybridized carbons (Fsp3) is 0.500. The van der Waals surface area contributed by atoms with Crippen molar-refractivity contribution < 1.29 is 9.18 Å². The van der Waals surface area contributed by atoms with Crippen LogP contribution in [0.25, 0.3) is 0 Å². The summed E-state index contributed by atoms with van der Waals surface area (Å²) in [4.78, 5) is 13.4. The molecule has 0 spiro atoms. The molecule has 0 radical (unpaired) electrons. The number of benzene rings is 1. The Balaban J connectivity index is 2.36. The highest BCUT2D eigenvalue weighted by atomic mass is 19.1. The van der Waals surface area contributed by atoms with E-state index in [-0.39, 0.29) is 11.7 Å². The third kappa shape index (κ3) is 5.27. The zero-order valence-corrected chi connectivity index (χ0v) is 11.2. The molecule has 1 rings (SSSR count). The Morgan fingerprint density at radius 3 is 2.78 bits per heavy atom. The lowest BCUT2D eigenvalue weighted by atomic mass is 10.1. The van der Waals surface area contributed by atoms with Gasteiger partial charge in [-0.1, -0.05) is 26.0 Å². The van der Waals surface area contributed by atoms with E-state index in [2.05, 4.69) is 5.32 Å². The first-order chi connectivity index (χ1) is 8.49. The smallest absolute Gasteiger partial charge is 0.236 e. The van der Waals surface area contributed by atoms with E-state index in [4.69, 9.17) is 0 Å².